The van der Waals surface area contributed by atoms with Crippen molar-refractivity contribution in [3.63, 3.8) is 0 Å². The molecule has 1 unspecified atom stereocenters. The highest BCUT2D eigenvalue weighted by Gasteiger charge is 2.27. The first-order valence-corrected chi connectivity index (χ1v) is 8.00. The third-order valence-corrected chi connectivity index (χ3v) is 4.65. The monoisotopic (exact) mass is 278 g/mol. The van der Waals surface area contributed by atoms with Crippen LogP contribution >= 0.6 is 0 Å². The first kappa shape index (κ1) is 13.9. The zero-order valence-corrected chi connectivity index (χ0v) is 12.5. The van der Waals surface area contributed by atoms with Gasteiger partial charge in [-0.2, -0.15) is 4.80 Å². The zero-order chi connectivity index (χ0) is 13.8. The SMILES string of the molecule is Cn1nnc(CN2CCCNC(C3CCCCC3)C2)n1. The van der Waals surface area contributed by atoms with E-state index in [1.54, 1.807) is 4.80 Å². The maximum atomic E-state index is 4.31. The van der Waals surface area contributed by atoms with Gasteiger partial charge in [-0.3, -0.25) is 4.90 Å². The highest BCUT2D eigenvalue weighted by atomic mass is 15.6. The van der Waals surface area contributed by atoms with Crippen molar-refractivity contribution in [2.24, 2.45) is 13.0 Å². The van der Waals surface area contributed by atoms with E-state index in [0.717, 1.165) is 37.9 Å². The summed E-state index contributed by atoms with van der Waals surface area (Å²) in [6.45, 7) is 4.24. The quantitative estimate of drug-likeness (QED) is 0.892. The van der Waals surface area contributed by atoms with Crippen LogP contribution in [0.5, 0.6) is 0 Å². The fourth-order valence-electron chi connectivity index (χ4n) is 3.61. The molecule has 1 aliphatic carbocycles. The zero-order valence-electron chi connectivity index (χ0n) is 12.5. The van der Waals surface area contributed by atoms with E-state index in [2.05, 4.69) is 25.6 Å². The Morgan fingerprint density at radius 1 is 1.20 bits per heavy atom. The summed E-state index contributed by atoms with van der Waals surface area (Å²) in [5, 5.41) is 16.1. The fraction of sp³-hybridized carbons (Fsp3) is 0.929. The minimum atomic E-state index is 0.648. The van der Waals surface area contributed by atoms with Gasteiger partial charge in [0.05, 0.1) is 13.6 Å². The molecule has 6 heteroatoms. The molecule has 0 spiro atoms. The Balaban J connectivity index is 1.59. The number of tetrazole rings is 1. The third kappa shape index (κ3) is 3.55. The van der Waals surface area contributed by atoms with Gasteiger partial charge in [-0.25, -0.2) is 0 Å². The van der Waals surface area contributed by atoms with Crippen molar-refractivity contribution >= 4 is 0 Å². The Bertz CT molecular complexity index is 412. The predicted molar refractivity (Wildman–Crippen MR) is 77.1 cm³/mol. The number of rotatable bonds is 3. The molecule has 0 aromatic carbocycles. The summed E-state index contributed by atoms with van der Waals surface area (Å²) in [6, 6.07) is 0.648. The van der Waals surface area contributed by atoms with Crippen molar-refractivity contribution in [2.75, 3.05) is 19.6 Å². The number of aryl methyl sites for hydroxylation is 1. The minimum Gasteiger partial charge on any atom is -0.312 e. The number of hydrogen-bond acceptors (Lipinski definition) is 5. The lowest BCUT2D eigenvalue weighted by molar-refractivity contribution is 0.198. The normalized spacial score (nSPS) is 26.6. The second-order valence-electron chi connectivity index (χ2n) is 6.24. The lowest BCUT2D eigenvalue weighted by atomic mass is 9.83. The molecule has 1 aromatic heterocycles. The van der Waals surface area contributed by atoms with Gasteiger partial charge in [0, 0.05) is 12.6 Å². The van der Waals surface area contributed by atoms with Crippen LogP contribution in [-0.2, 0) is 13.6 Å². The molecule has 112 valence electrons. The lowest BCUT2D eigenvalue weighted by Crippen LogP contribution is -2.43. The lowest BCUT2D eigenvalue weighted by Gasteiger charge is -2.32. The largest absolute Gasteiger partial charge is 0.312 e. The summed E-state index contributed by atoms with van der Waals surface area (Å²) in [5.41, 5.74) is 0. The van der Waals surface area contributed by atoms with Crippen LogP contribution in [0.15, 0.2) is 0 Å². The summed E-state index contributed by atoms with van der Waals surface area (Å²) < 4.78 is 0. The maximum absolute atomic E-state index is 4.31. The van der Waals surface area contributed by atoms with Crippen molar-refractivity contribution in [3.05, 3.63) is 5.82 Å². The summed E-state index contributed by atoms with van der Waals surface area (Å²) in [5.74, 6) is 1.70. The second-order valence-corrected chi connectivity index (χ2v) is 6.24. The van der Waals surface area contributed by atoms with E-state index in [4.69, 9.17) is 0 Å². The van der Waals surface area contributed by atoms with Crippen LogP contribution in [0.2, 0.25) is 0 Å². The summed E-state index contributed by atoms with van der Waals surface area (Å²) in [6.07, 6.45) is 8.26. The average molecular weight is 278 g/mol. The second kappa shape index (κ2) is 6.63. The molecule has 0 amide bonds. The smallest absolute Gasteiger partial charge is 0.188 e. The van der Waals surface area contributed by atoms with Crippen molar-refractivity contribution in [3.8, 4) is 0 Å². The topological polar surface area (TPSA) is 58.9 Å². The van der Waals surface area contributed by atoms with E-state index in [1.165, 1.54) is 38.5 Å². The van der Waals surface area contributed by atoms with Gasteiger partial charge in [0.1, 0.15) is 0 Å². The van der Waals surface area contributed by atoms with Crippen LogP contribution in [-0.4, -0.2) is 50.8 Å². The molecule has 20 heavy (non-hydrogen) atoms. The highest BCUT2D eigenvalue weighted by Crippen LogP contribution is 2.27. The molecule has 1 aromatic rings. The van der Waals surface area contributed by atoms with E-state index in [9.17, 15) is 0 Å². The molecule has 6 nitrogen and oxygen atoms in total. The van der Waals surface area contributed by atoms with E-state index in [-0.39, 0.29) is 0 Å². The molecular formula is C14H26N6. The molecule has 1 saturated carbocycles. The fourth-order valence-corrected chi connectivity index (χ4v) is 3.61. The van der Waals surface area contributed by atoms with Crippen LogP contribution in [0.4, 0.5) is 0 Å². The van der Waals surface area contributed by atoms with Gasteiger partial charge in [-0.15, -0.1) is 10.2 Å². The number of nitrogens with zero attached hydrogens (tertiary/aromatic N) is 5. The summed E-state index contributed by atoms with van der Waals surface area (Å²) in [4.78, 5) is 4.04. The van der Waals surface area contributed by atoms with Gasteiger partial charge in [-0.1, -0.05) is 19.3 Å². The van der Waals surface area contributed by atoms with E-state index in [0.29, 0.717) is 6.04 Å². The predicted octanol–water partition coefficient (Wildman–Crippen LogP) is 0.954. The van der Waals surface area contributed by atoms with Crippen LogP contribution in [0.25, 0.3) is 0 Å². The Morgan fingerprint density at radius 3 is 2.80 bits per heavy atom. The first-order chi connectivity index (χ1) is 9.81. The molecule has 0 bridgehead atoms. The Kier molecular flexibility index (Phi) is 4.62. The third-order valence-electron chi connectivity index (χ3n) is 4.65. The van der Waals surface area contributed by atoms with Gasteiger partial charge < -0.3 is 5.32 Å². The summed E-state index contributed by atoms with van der Waals surface area (Å²) in [7, 11) is 1.82. The van der Waals surface area contributed by atoms with Crippen molar-refractivity contribution in [2.45, 2.75) is 51.1 Å². The molecular weight excluding hydrogens is 252 g/mol. The van der Waals surface area contributed by atoms with Gasteiger partial charge in [0.15, 0.2) is 5.82 Å². The molecule has 2 fully saturated rings. The van der Waals surface area contributed by atoms with Gasteiger partial charge in [0.25, 0.3) is 0 Å². The van der Waals surface area contributed by atoms with Gasteiger partial charge >= 0.3 is 0 Å². The van der Waals surface area contributed by atoms with Crippen LogP contribution in [0.3, 0.4) is 0 Å². The first-order valence-electron chi connectivity index (χ1n) is 8.00. The maximum Gasteiger partial charge on any atom is 0.188 e. The molecule has 1 aliphatic heterocycles. The average Bonchev–Trinajstić information content (AvgIpc) is 2.74. The Morgan fingerprint density at radius 2 is 2.05 bits per heavy atom. The summed E-state index contributed by atoms with van der Waals surface area (Å²) >= 11 is 0. The minimum absolute atomic E-state index is 0.648. The van der Waals surface area contributed by atoms with E-state index in [1.807, 2.05) is 7.05 Å². The van der Waals surface area contributed by atoms with E-state index < -0.39 is 0 Å². The van der Waals surface area contributed by atoms with Crippen molar-refractivity contribution < 1.29 is 0 Å². The number of aromatic nitrogens is 4. The standard InChI is InChI=1S/C14H26N6/c1-19-17-14(16-18-19)11-20-9-5-8-15-13(10-20)12-6-3-2-4-7-12/h12-13,15H,2-11H2,1H3. The highest BCUT2D eigenvalue weighted by molar-refractivity contribution is 4.86. The molecule has 1 saturated heterocycles. The van der Waals surface area contributed by atoms with Gasteiger partial charge in [-0.05, 0) is 43.5 Å². The molecule has 2 heterocycles. The van der Waals surface area contributed by atoms with Crippen molar-refractivity contribution in [1.82, 2.24) is 30.4 Å². The molecule has 3 rings (SSSR count). The number of hydrogen-bond donors (Lipinski definition) is 1. The molecule has 0 radical (unpaired) electrons. The van der Waals surface area contributed by atoms with Crippen LogP contribution in [0, 0.1) is 5.92 Å². The molecule has 2 aliphatic rings. The van der Waals surface area contributed by atoms with Gasteiger partial charge in [0.2, 0.25) is 0 Å². The van der Waals surface area contributed by atoms with E-state index >= 15 is 0 Å². The number of nitrogens with one attached hydrogen (secondary N) is 1. The molecule has 1 atom stereocenters. The Labute approximate surface area is 120 Å². The van der Waals surface area contributed by atoms with Crippen LogP contribution < -0.4 is 5.32 Å². The van der Waals surface area contributed by atoms with Crippen molar-refractivity contribution in [1.29, 1.82) is 0 Å². The Hall–Kier alpha value is -1.01. The van der Waals surface area contributed by atoms with Crippen LogP contribution in [0.1, 0.15) is 44.3 Å². The molecule has 1 N–H and O–H groups in total.